The number of aromatic nitrogens is 2. The van der Waals surface area contributed by atoms with Gasteiger partial charge in [0.25, 0.3) is 0 Å². The summed E-state index contributed by atoms with van der Waals surface area (Å²) in [6.07, 6.45) is 2.93. The lowest BCUT2D eigenvalue weighted by atomic mass is 10.1. The molecule has 0 bridgehead atoms. The van der Waals surface area contributed by atoms with Crippen LogP contribution in [0.1, 0.15) is 50.7 Å². The summed E-state index contributed by atoms with van der Waals surface area (Å²) in [6.45, 7) is 6.03. The van der Waals surface area contributed by atoms with Gasteiger partial charge in [0.1, 0.15) is 0 Å². The maximum Gasteiger partial charge on any atom is 0.240 e. The Kier molecular flexibility index (Phi) is 5.03. The molecule has 0 unspecified atom stereocenters. The Morgan fingerprint density at radius 2 is 2.17 bits per heavy atom. The SMILES string of the molecule is CC(C)c1noc(CN(C[C@@H]2CCCO2)[C@@H]2CCS(=O)(=O)C2)n1. The van der Waals surface area contributed by atoms with Gasteiger partial charge in [-0.1, -0.05) is 19.0 Å². The van der Waals surface area contributed by atoms with Gasteiger partial charge in [0.05, 0.1) is 24.2 Å². The van der Waals surface area contributed by atoms with Crippen molar-refractivity contribution in [2.24, 2.45) is 0 Å². The molecule has 8 heteroatoms. The molecule has 1 aromatic rings. The van der Waals surface area contributed by atoms with E-state index >= 15 is 0 Å². The first kappa shape index (κ1) is 16.9. The van der Waals surface area contributed by atoms with E-state index in [0.29, 0.717) is 24.7 Å². The summed E-state index contributed by atoms with van der Waals surface area (Å²) >= 11 is 0. The second kappa shape index (κ2) is 6.86. The third kappa shape index (κ3) is 4.30. The first-order chi connectivity index (χ1) is 10.9. The maximum absolute atomic E-state index is 11.8. The summed E-state index contributed by atoms with van der Waals surface area (Å²) in [5.74, 6) is 1.93. The monoisotopic (exact) mass is 343 g/mol. The van der Waals surface area contributed by atoms with Crippen LogP contribution in [0, 0.1) is 0 Å². The molecular weight excluding hydrogens is 318 g/mol. The molecule has 130 valence electrons. The fourth-order valence-electron chi connectivity index (χ4n) is 3.20. The average molecular weight is 343 g/mol. The molecule has 0 N–H and O–H groups in total. The van der Waals surface area contributed by atoms with E-state index in [2.05, 4.69) is 15.0 Å². The second-order valence-corrected chi connectivity index (χ2v) is 9.05. The molecule has 2 aliphatic heterocycles. The van der Waals surface area contributed by atoms with Gasteiger partial charge in [-0.25, -0.2) is 8.42 Å². The molecule has 2 aliphatic rings. The second-order valence-electron chi connectivity index (χ2n) is 6.82. The number of hydrogen-bond donors (Lipinski definition) is 0. The summed E-state index contributed by atoms with van der Waals surface area (Å²) in [6, 6.07) is 0.0126. The van der Waals surface area contributed by atoms with Crippen LogP contribution in [0.2, 0.25) is 0 Å². The van der Waals surface area contributed by atoms with Crippen molar-refractivity contribution in [3.05, 3.63) is 11.7 Å². The van der Waals surface area contributed by atoms with Gasteiger partial charge in [0.15, 0.2) is 15.7 Å². The van der Waals surface area contributed by atoms with Gasteiger partial charge >= 0.3 is 0 Å². The van der Waals surface area contributed by atoms with Crippen molar-refractivity contribution in [3.63, 3.8) is 0 Å². The zero-order valence-electron chi connectivity index (χ0n) is 13.8. The highest BCUT2D eigenvalue weighted by Crippen LogP contribution is 2.23. The van der Waals surface area contributed by atoms with Crippen LogP contribution in [0.15, 0.2) is 4.52 Å². The van der Waals surface area contributed by atoms with Crippen molar-refractivity contribution in [2.45, 2.75) is 57.7 Å². The topological polar surface area (TPSA) is 85.5 Å². The van der Waals surface area contributed by atoms with Crippen molar-refractivity contribution in [1.29, 1.82) is 0 Å². The Morgan fingerprint density at radius 3 is 2.74 bits per heavy atom. The summed E-state index contributed by atoms with van der Waals surface area (Å²) in [5.41, 5.74) is 0. The Hall–Kier alpha value is -0.990. The van der Waals surface area contributed by atoms with Crippen LogP contribution in [0.3, 0.4) is 0 Å². The molecule has 2 atom stereocenters. The molecule has 0 spiro atoms. The highest BCUT2D eigenvalue weighted by molar-refractivity contribution is 7.91. The minimum absolute atomic E-state index is 0.0126. The van der Waals surface area contributed by atoms with E-state index < -0.39 is 9.84 Å². The van der Waals surface area contributed by atoms with Gasteiger partial charge in [-0.3, -0.25) is 4.90 Å². The molecule has 7 nitrogen and oxygen atoms in total. The summed E-state index contributed by atoms with van der Waals surface area (Å²) < 4.78 is 34.7. The Bertz CT molecular complexity index is 622. The fourth-order valence-corrected chi connectivity index (χ4v) is 4.96. The van der Waals surface area contributed by atoms with E-state index in [1.165, 1.54) is 0 Å². The van der Waals surface area contributed by atoms with Gasteiger partial charge < -0.3 is 9.26 Å². The summed E-state index contributed by atoms with van der Waals surface area (Å²) in [7, 11) is -2.92. The van der Waals surface area contributed by atoms with Crippen LogP contribution in [0.4, 0.5) is 0 Å². The van der Waals surface area contributed by atoms with E-state index in [1.54, 1.807) is 0 Å². The van der Waals surface area contributed by atoms with Crippen molar-refractivity contribution in [3.8, 4) is 0 Å². The van der Waals surface area contributed by atoms with Gasteiger partial charge in [0.2, 0.25) is 5.89 Å². The van der Waals surface area contributed by atoms with E-state index in [-0.39, 0.29) is 29.6 Å². The maximum atomic E-state index is 11.8. The van der Waals surface area contributed by atoms with E-state index in [4.69, 9.17) is 9.26 Å². The highest BCUT2D eigenvalue weighted by Gasteiger charge is 2.34. The zero-order valence-corrected chi connectivity index (χ0v) is 14.6. The third-order valence-electron chi connectivity index (χ3n) is 4.53. The van der Waals surface area contributed by atoms with Crippen molar-refractivity contribution in [2.75, 3.05) is 24.7 Å². The van der Waals surface area contributed by atoms with E-state index in [0.717, 1.165) is 26.0 Å². The first-order valence-corrected chi connectivity index (χ1v) is 10.1. The molecule has 23 heavy (non-hydrogen) atoms. The molecule has 0 amide bonds. The van der Waals surface area contributed by atoms with Gasteiger partial charge in [-0.05, 0) is 19.3 Å². The number of hydrogen-bond acceptors (Lipinski definition) is 7. The van der Waals surface area contributed by atoms with Crippen LogP contribution >= 0.6 is 0 Å². The highest BCUT2D eigenvalue weighted by atomic mass is 32.2. The molecule has 2 saturated heterocycles. The van der Waals surface area contributed by atoms with Crippen molar-refractivity contribution >= 4 is 9.84 Å². The van der Waals surface area contributed by atoms with E-state index in [9.17, 15) is 8.42 Å². The van der Waals surface area contributed by atoms with Crippen LogP contribution in [-0.2, 0) is 21.1 Å². The Morgan fingerprint density at radius 1 is 1.35 bits per heavy atom. The van der Waals surface area contributed by atoms with Crippen LogP contribution < -0.4 is 0 Å². The average Bonchev–Trinajstić information content (AvgIpc) is 3.18. The largest absolute Gasteiger partial charge is 0.377 e. The molecule has 0 radical (unpaired) electrons. The first-order valence-electron chi connectivity index (χ1n) is 8.31. The van der Waals surface area contributed by atoms with Crippen LogP contribution in [-0.4, -0.2) is 60.3 Å². The van der Waals surface area contributed by atoms with Crippen molar-refractivity contribution < 1.29 is 17.7 Å². The zero-order chi connectivity index (χ0) is 16.4. The lowest BCUT2D eigenvalue weighted by Gasteiger charge is -2.28. The molecule has 3 rings (SSSR count). The Labute approximate surface area is 137 Å². The van der Waals surface area contributed by atoms with Crippen LogP contribution in [0.25, 0.3) is 0 Å². The fraction of sp³-hybridized carbons (Fsp3) is 0.867. The molecule has 2 fully saturated rings. The van der Waals surface area contributed by atoms with Crippen LogP contribution in [0.5, 0.6) is 0 Å². The standard InChI is InChI=1S/C15H25N3O4S/c1-11(2)15-16-14(22-17-15)9-18(8-13-4-3-6-21-13)12-5-7-23(19,20)10-12/h11-13H,3-10H2,1-2H3/t12-,13+/m1/s1. The van der Waals surface area contributed by atoms with Gasteiger partial charge in [-0.15, -0.1) is 0 Å². The minimum Gasteiger partial charge on any atom is -0.377 e. The van der Waals surface area contributed by atoms with E-state index in [1.807, 2.05) is 13.8 Å². The molecule has 0 aromatic carbocycles. The smallest absolute Gasteiger partial charge is 0.240 e. The molecule has 0 aliphatic carbocycles. The predicted molar refractivity (Wildman–Crippen MR) is 84.8 cm³/mol. The lowest BCUT2D eigenvalue weighted by Crippen LogP contribution is -2.40. The molecule has 1 aromatic heterocycles. The van der Waals surface area contributed by atoms with Crippen molar-refractivity contribution in [1.82, 2.24) is 15.0 Å². The normalized spacial score (nSPS) is 27.3. The lowest BCUT2D eigenvalue weighted by molar-refractivity contribution is 0.0529. The number of sulfone groups is 1. The summed E-state index contributed by atoms with van der Waals surface area (Å²) in [4.78, 5) is 6.57. The predicted octanol–water partition coefficient (Wildman–Crippen LogP) is 1.36. The number of rotatable bonds is 6. The Balaban J connectivity index is 1.71. The number of ether oxygens (including phenoxy) is 1. The molecule has 0 saturated carbocycles. The molecule has 3 heterocycles. The quantitative estimate of drug-likeness (QED) is 0.771. The summed E-state index contributed by atoms with van der Waals surface area (Å²) in [5, 5.41) is 3.99. The molecular formula is C15H25N3O4S. The number of nitrogens with zero attached hydrogens (tertiary/aromatic N) is 3. The van der Waals surface area contributed by atoms with Gasteiger partial charge in [0, 0.05) is 25.1 Å². The third-order valence-corrected chi connectivity index (χ3v) is 6.28. The van der Waals surface area contributed by atoms with Gasteiger partial charge in [-0.2, -0.15) is 4.98 Å². The minimum atomic E-state index is -2.92.